The first kappa shape index (κ1) is 17.5. The molecule has 3 nitrogen and oxygen atoms in total. The molecule has 0 aliphatic carbocycles. The van der Waals surface area contributed by atoms with E-state index in [0.717, 1.165) is 29.8 Å². The number of nitrogens with zero attached hydrogens (tertiary/aromatic N) is 1. The Balaban J connectivity index is 2.23. The van der Waals surface area contributed by atoms with Gasteiger partial charge in [-0.2, -0.15) is 0 Å². The monoisotopic (exact) mass is 336 g/mol. The summed E-state index contributed by atoms with van der Waals surface area (Å²) in [7, 11) is 0. The van der Waals surface area contributed by atoms with E-state index in [2.05, 4.69) is 45.0 Å². The summed E-state index contributed by atoms with van der Waals surface area (Å²) >= 11 is 0. The van der Waals surface area contributed by atoms with Crippen LogP contribution in [0.5, 0.6) is 0 Å². The van der Waals surface area contributed by atoms with Crippen molar-refractivity contribution >= 4 is 17.3 Å². The summed E-state index contributed by atoms with van der Waals surface area (Å²) in [6, 6.07) is 16.5. The largest absolute Gasteiger partial charge is 0.399 e. The lowest BCUT2D eigenvalue weighted by molar-refractivity contribution is -0.120. The Morgan fingerprint density at radius 1 is 1.12 bits per heavy atom. The number of benzene rings is 2. The molecule has 0 radical (unpaired) electrons. The molecule has 25 heavy (non-hydrogen) atoms. The van der Waals surface area contributed by atoms with E-state index in [4.69, 9.17) is 5.73 Å². The van der Waals surface area contributed by atoms with Crippen LogP contribution >= 0.6 is 0 Å². The third-order valence-electron chi connectivity index (χ3n) is 5.37. The first-order valence-electron chi connectivity index (χ1n) is 9.08. The molecule has 0 fully saturated rings. The van der Waals surface area contributed by atoms with Crippen LogP contribution in [-0.2, 0) is 10.2 Å². The molecule has 2 N–H and O–H groups in total. The Morgan fingerprint density at radius 3 is 2.44 bits per heavy atom. The molecule has 3 heteroatoms. The first-order chi connectivity index (χ1) is 11.8. The van der Waals surface area contributed by atoms with Crippen molar-refractivity contribution in [1.82, 2.24) is 0 Å². The summed E-state index contributed by atoms with van der Waals surface area (Å²) in [6.45, 7) is 8.65. The molecular formula is C22H28N2O. The minimum Gasteiger partial charge on any atom is -0.399 e. The van der Waals surface area contributed by atoms with Crippen molar-refractivity contribution in [3.05, 3.63) is 59.7 Å². The van der Waals surface area contributed by atoms with E-state index in [1.165, 1.54) is 5.56 Å². The maximum Gasteiger partial charge on any atom is 0.227 e. The molecule has 132 valence electrons. The van der Waals surface area contributed by atoms with Crippen LogP contribution in [0.1, 0.15) is 58.1 Å². The highest BCUT2D eigenvalue weighted by molar-refractivity contribution is 5.97. The van der Waals surface area contributed by atoms with Crippen LogP contribution < -0.4 is 10.6 Å². The highest BCUT2D eigenvalue weighted by Crippen LogP contribution is 2.51. The molecule has 1 amide bonds. The van der Waals surface area contributed by atoms with Crippen LogP contribution in [-0.4, -0.2) is 11.4 Å². The quantitative estimate of drug-likeness (QED) is 0.811. The van der Waals surface area contributed by atoms with Crippen molar-refractivity contribution in [1.29, 1.82) is 0 Å². The van der Waals surface area contributed by atoms with Gasteiger partial charge in [0.05, 0.1) is 0 Å². The van der Waals surface area contributed by atoms with Gasteiger partial charge in [0.2, 0.25) is 5.91 Å². The van der Waals surface area contributed by atoms with Gasteiger partial charge in [0.15, 0.2) is 0 Å². The van der Waals surface area contributed by atoms with Crippen LogP contribution in [0.3, 0.4) is 0 Å². The van der Waals surface area contributed by atoms with Crippen LogP contribution in [0.25, 0.3) is 0 Å². The summed E-state index contributed by atoms with van der Waals surface area (Å²) in [6.07, 6.45) is 2.27. The van der Waals surface area contributed by atoms with Crippen LogP contribution in [0.2, 0.25) is 0 Å². The molecule has 0 bridgehead atoms. The summed E-state index contributed by atoms with van der Waals surface area (Å²) in [5.41, 5.74) is 9.82. The molecule has 0 aromatic heterocycles. The fourth-order valence-corrected chi connectivity index (χ4v) is 4.42. The fraction of sp³-hybridized carbons (Fsp3) is 0.409. The lowest BCUT2D eigenvalue weighted by Crippen LogP contribution is -2.55. The molecule has 0 saturated heterocycles. The van der Waals surface area contributed by atoms with Gasteiger partial charge in [-0.15, -0.1) is 0 Å². The lowest BCUT2D eigenvalue weighted by Gasteiger charge is -2.51. The number of nitrogen functional groups attached to an aromatic ring is 1. The van der Waals surface area contributed by atoms with Crippen molar-refractivity contribution in [2.45, 2.75) is 57.9 Å². The Labute approximate surface area is 150 Å². The van der Waals surface area contributed by atoms with E-state index in [1.54, 1.807) is 0 Å². The fourth-order valence-electron chi connectivity index (χ4n) is 4.42. The van der Waals surface area contributed by atoms with Gasteiger partial charge in [-0.3, -0.25) is 4.79 Å². The van der Waals surface area contributed by atoms with Gasteiger partial charge in [0, 0.05) is 28.7 Å². The summed E-state index contributed by atoms with van der Waals surface area (Å²) in [4.78, 5) is 14.9. The minimum atomic E-state index is -0.264. The summed E-state index contributed by atoms with van der Waals surface area (Å²) in [5, 5.41) is 0. The van der Waals surface area contributed by atoms with Crippen molar-refractivity contribution in [2.24, 2.45) is 0 Å². The minimum absolute atomic E-state index is 0.182. The topological polar surface area (TPSA) is 46.3 Å². The van der Waals surface area contributed by atoms with Gasteiger partial charge in [-0.1, -0.05) is 44.2 Å². The Morgan fingerprint density at radius 2 is 1.80 bits per heavy atom. The lowest BCUT2D eigenvalue weighted by atomic mass is 9.65. The van der Waals surface area contributed by atoms with Crippen molar-refractivity contribution in [2.75, 3.05) is 10.6 Å². The molecule has 1 aliphatic heterocycles. The number of hydrogen-bond acceptors (Lipinski definition) is 2. The van der Waals surface area contributed by atoms with Crippen molar-refractivity contribution in [3.63, 3.8) is 0 Å². The zero-order chi connectivity index (χ0) is 18.2. The van der Waals surface area contributed by atoms with E-state index >= 15 is 0 Å². The van der Waals surface area contributed by atoms with Gasteiger partial charge in [-0.05, 0) is 56.0 Å². The van der Waals surface area contributed by atoms with E-state index in [9.17, 15) is 4.79 Å². The number of amides is 1. The number of anilines is 2. The third kappa shape index (κ3) is 2.92. The van der Waals surface area contributed by atoms with E-state index < -0.39 is 0 Å². The number of carbonyl (C=O) groups excluding carboxylic acids is 1. The second-order valence-corrected chi connectivity index (χ2v) is 7.94. The average molecular weight is 336 g/mol. The molecule has 1 heterocycles. The molecule has 1 atom stereocenters. The number of fused-ring (bicyclic) bond motifs is 1. The van der Waals surface area contributed by atoms with Crippen LogP contribution in [0, 0.1) is 0 Å². The van der Waals surface area contributed by atoms with Crippen LogP contribution in [0.15, 0.2) is 48.5 Å². The van der Waals surface area contributed by atoms with E-state index in [-0.39, 0.29) is 16.9 Å². The summed E-state index contributed by atoms with van der Waals surface area (Å²) in [5.74, 6) is 0.189. The molecule has 2 aromatic rings. The van der Waals surface area contributed by atoms with Gasteiger partial charge < -0.3 is 10.6 Å². The van der Waals surface area contributed by atoms with Gasteiger partial charge >= 0.3 is 0 Å². The highest BCUT2D eigenvalue weighted by Gasteiger charge is 2.47. The third-order valence-corrected chi connectivity index (χ3v) is 5.37. The number of hydrogen-bond donors (Lipinski definition) is 1. The number of nitrogens with two attached hydrogens (primary N) is 1. The van der Waals surface area contributed by atoms with Gasteiger partial charge in [-0.25, -0.2) is 0 Å². The summed E-state index contributed by atoms with van der Waals surface area (Å²) < 4.78 is 0. The molecule has 3 rings (SSSR count). The molecule has 1 unspecified atom stereocenters. The molecule has 0 spiro atoms. The smallest absolute Gasteiger partial charge is 0.227 e. The maximum absolute atomic E-state index is 12.9. The first-order valence-corrected chi connectivity index (χ1v) is 9.08. The molecule has 2 aromatic carbocycles. The zero-order valence-electron chi connectivity index (χ0n) is 15.7. The number of carbonyl (C=O) groups is 1. The highest BCUT2D eigenvalue weighted by atomic mass is 16.2. The van der Waals surface area contributed by atoms with Gasteiger partial charge in [0.25, 0.3) is 0 Å². The molecule has 0 saturated carbocycles. The van der Waals surface area contributed by atoms with E-state index in [0.29, 0.717) is 6.42 Å². The standard InChI is InChI=1S/C22H28N2O/c1-5-9-20(25)24-19-13-12-17(23)14-18(19)22(4,15-21(24,2)3)16-10-7-6-8-11-16/h6-8,10-14H,5,9,15,23H2,1-4H3. The number of rotatable bonds is 3. The molecule has 1 aliphatic rings. The maximum atomic E-state index is 12.9. The Bertz CT molecular complexity index is 782. The second kappa shape index (κ2) is 6.21. The van der Waals surface area contributed by atoms with Crippen LogP contribution in [0.4, 0.5) is 11.4 Å². The molecular weight excluding hydrogens is 308 g/mol. The van der Waals surface area contributed by atoms with Crippen molar-refractivity contribution in [3.8, 4) is 0 Å². The predicted octanol–water partition coefficient (Wildman–Crippen LogP) is 4.89. The average Bonchev–Trinajstić information content (AvgIpc) is 2.56. The second-order valence-electron chi connectivity index (χ2n) is 7.94. The van der Waals surface area contributed by atoms with Gasteiger partial charge in [0.1, 0.15) is 0 Å². The zero-order valence-corrected chi connectivity index (χ0v) is 15.7. The Kier molecular flexibility index (Phi) is 4.36. The normalized spacial score (nSPS) is 21.7. The van der Waals surface area contributed by atoms with E-state index in [1.807, 2.05) is 36.1 Å². The predicted molar refractivity (Wildman–Crippen MR) is 105 cm³/mol. The van der Waals surface area contributed by atoms with Crippen molar-refractivity contribution < 1.29 is 4.79 Å². The Hall–Kier alpha value is -2.29. The SMILES string of the molecule is CCCC(=O)N1c2ccc(N)cc2C(C)(c2ccccc2)CC1(C)C.